The number of pyridine rings is 1. The van der Waals surface area contributed by atoms with Gasteiger partial charge in [0.2, 0.25) is 5.95 Å². The molecule has 0 saturated carbocycles. The van der Waals surface area contributed by atoms with Crippen LogP contribution in [0.1, 0.15) is 29.9 Å². The maximum Gasteiger partial charge on any atom is 0.258 e. The van der Waals surface area contributed by atoms with Crippen molar-refractivity contribution in [2.24, 2.45) is 7.05 Å². The minimum Gasteiger partial charge on any atom is -0.377 e. The molecule has 0 spiro atoms. The van der Waals surface area contributed by atoms with Crippen molar-refractivity contribution in [1.82, 2.24) is 29.3 Å². The molecule has 1 atom stereocenters. The Morgan fingerprint density at radius 3 is 2.55 bits per heavy atom. The molecule has 1 aliphatic heterocycles. The fourth-order valence-corrected chi connectivity index (χ4v) is 6.26. The number of halogens is 1. The summed E-state index contributed by atoms with van der Waals surface area (Å²) in [6, 6.07) is 8.94. The second-order valence-corrected chi connectivity index (χ2v) is 12.6. The number of fused-ring (bicyclic) bond motifs is 2. The summed E-state index contributed by atoms with van der Waals surface area (Å²) in [5, 5.41) is 12.6. The van der Waals surface area contributed by atoms with E-state index in [1.54, 1.807) is 30.3 Å². The number of benzene rings is 2. The van der Waals surface area contributed by atoms with Crippen LogP contribution in [0, 0.1) is 12.7 Å². The van der Waals surface area contributed by atoms with Crippen molar-refractivity contribution in [2.75, 3.05) is 23.0 Å². The van der Waals surface area contributed by atoms with E-state index in [9.17, 15) is 17.6 Å². The van der Waals surface area contributed by atoms with E-state index in [1.807, 2.05) is 41.5 Å². The lowest BCUT2D eigenvalue weighted by atomic mass is 9.96. The number of sulfone groups is 1. The zero-order valence-electron chi connectivity index (χ0n) is 23.5. The Hall–Kier alpha value is -4.65. The quantitative estimate of drug-likeness (QED) is 0.316. The largest absolute Gasteiger partial charge is 0.377 e. The highest BCUT2D eigenvalue weighted by molar-refractivity contribution is 7.90. The second-order valence-electron chi connectivity index (χ2n) is 10.6. The molecule has 4 heterocycles. The zero-order chi connectivity index (χ0) is 29.8. The van der Waals surface area contributed by atoms with E-state index < -0.39 is 21.7 Å². The summed E-state index contributed by atoms with van der Waals surface area (Å²) in [6.07, 6.45) is 6.16. The van der Waals surface area contributed by atoms with Gasteiger partial charge in [0.05, 0.1) is 22.8 Å². The van der Waals surface area contributed by atoms with E-state index in [0.29, 0.717) is 34.5 Å². The molecule has 0 saturated heterocycles. The summed E-state index contributed by atoms with van der Waals surface area (Å²) in [5.41, 5.74) is 3.08. The number of aromatic nitrogens is 6. The standard InChI is InChI=1S/C29H29FN8O3S/c1-17-9-21(18(2)34-24-6-5-20(30)11-26(24)42(4,40)41)22-12-25(36(3)28(39)23(22)10-17)19-13-31-29(32-14-19)37-7-8-38-16-33-35-27(38)15-37/h5-6,9-14,16,18,34H,7-8,15H2,1-4H3/t18-/m1/s1. The van der Waals surface area contributed by atoms with E-state index in [1.165, 1.54) is 12.1 Å². The third-order valence-corrected chi connectivity index (χ3v) is 8.71. The topological polar surface area (TPSA) is 128 Å². The highest BCUT2D eigenvalue weighted by atomic mass is 32.2. The molecule has 0 aliphatic carbocycles. The lowest BCUT2D eigenvalue weighted by Gasteiger charge is -2.27. The molecule has 0 bridgehead atoms. The summed E-state index contributed by atoms with van der Waals surface area (Å²) in [4.78, 5) is 24.7. The number of nitrogens with one attached hydrogen (secondary N) is 1. The highest BCUT2D eigenvalue weighted by Gasteiger charge is 2.22. The molecule has 0 radical (unpaired) electrons. The van der Waals surface area contributed by atoms with E-state index in [0.717, 1.165) is 42.4 Å². The lowest BCUT2D eigenvalue weighted by Crippen LogP contribution is -2.34. The van der Waals surface area contributed by atoms with Gasteiger partial charge >= 0.3 is 0 Å². The van der Waals surface area contributed by atoms with Crippen LogP contribution >= 0.6 is 0 Å². The zero-order valence-corrected chi connectivity index (χ0v) is 24.4. The molecule has 1 N–H and O–H groups in total. The molecule has 0 unspecified atom stereocenters. The monoisotopic (exact) mass is 588 g/mol. The van der Waals surface area contributed by atoms with Gasteiger partial charge in [-0.2, -0.15) is 0 Å². The Balaban J connectivity index is 1.38. The first-order valence-corrected chi connectivity index (χ1v) is 15.2. The number of hydrogen-bond acceptors (Lipinski definition) is 9. The smallest absolute Gasteiger partial charge is 0.258 e. The minimum atomic E-state index is -3.69. The van der Waals surface area contributed by atoms with E-state index in [4.69, 9.17) is 0 Å². The predicted molar refractivity (Wildman–Crippen MR) is 158 cm³/mol. The van der Waals surface area contributed by atoms with Crippen LogP contribution in [0.4, 0.5) is 16.0 Å². The van der Waals surface area contributed by atoms with Gasteiger partial charge in [-0.25, -0.2) is 22.8 Å². The van der Waals surface area contributed by atoms with E-state index >= 15 is 0 Å². The van der Waals surface area contributed by atoms with Gasteiger partial charge in [-0.1, -0.05) is 6.07 Å². The SMILES string of the molecule is Cc1cc([C@@H](C)Nc2ccc(F)cc2S(C)(=O)=O)c2cc(-c3cnc(N4CCn5cnnc5C4)nc3)n(C)c(=O)c2c1. The Labute approximate surface area is 241 Å². The van der Waals surface area contributed by atoms with Gasteiger partial charge < -0.3 is 19.4 Å². The van der Waals surface area contributed by atoms with Gasteiger partial charge in [-0.05, 0) is 60.7 Å². The molecule has 11 nitrogen and oxygen atoms in total. The van der Waals surface area contributed by atoms with Gasteiger partial charge in [0, 0.05) is 55.8 Å². The van der Waals surface area contributed by atoms with Gasteiger partial charge in [0.25, 0.3) is 5.56 Å². The van der Waals surface area contributed by atoms with Gasteiger partial charge in [-0.15, -0.1) is 10.2 Å². The van der Waals surface area contributed by atoms with Crippen LogP contribution < -0.4 is 15.8 Å². The average molecular weight is 589 g/mol. The summed E-state index contributed by atoms with van der Waals surface area (Å²) >= 11 is 0. The van der Waals surface area contributed by atoms with Crippen molar-refractivity contribution in [3.63, 3.8) is 0 Å². The van der Waals surface area contributed by atoms with Crippen LogP contribution in [0.5, 0.6) is 0 Å². The maximum absolute atomic E-state index is 13.9. The first kappa shape index (κ1) is 27.5. The Morgan fingerprint density at radius 1 is 1.05 bits per heavy atom. The minimum absolute atomic E-state index is 0.130. The van der Waals surface area contributed by atoms with Crippen LogP contribution in [-0.4, -0.2) is 50.5 Å². The third kappa shape index (κ3) is 5.00. The average Bonchev–Trinajstić information content (AvgIpc) is 3.43. The van der Waals surface area contributed by atoms with Crippen molar-refractivity contribution in [2.45, 2.75) is 37.9 Å². The van der Waals surface area contributed by atoms with Crippen LogP contribution in [0.15, 0.2) is 64.8 Å². The fourth-order valence-electron chi connectivity index (χ4n) is 5.41. The van der Waals surface area contributed by atoms with Gasteiger partial charge in [0.1, 0.15) is 12.1 Å². The first-order chi connectivity index (χ1) is 20.0. The molecule has 3 aromatic heterocycles. The summed E-state index contributed by atoms with van der Waals surface area (Å²) in [6.45, 7) is 5.79. The normalized spacial score (nSPS) is 14.2. The molecular formula is C29H29FN8O3S. The second kappa shape index (κ2) is 10.3. The predicted octanol–water partition coefficient (Wildman–Crippen LogP) is 3.63. The number of anilines is 2. The molecule has 1 aliphatic rings. The Kier molecular flexibility index (Phi) is 6.76. The molecule has 216 valence electrons. The molecule has 0 fully saturated rings. The molecule has 5 aromatic rings. The molecule has 0 amide bonds. The van der Waals surface area contributed by atoms with Crippen molar-refractivity contribution < 1.29 is 12.8 Å². The summed E-state index contributed by atoms with van der Waals surface area (Å²) in [7, 11) is -1.98. The molecule has 42 heavy (non-hydrogen) atoms. The van der Waals surface area contributed by atoms with Crippen LogP contribution in [-0.2, 0) is 30.0 Å². The Bertz CT molecular complexity index is 2000. The third-order valence-electron chi connectivity index (χ3n) is 7.57. The van der Waals surface area contributed by atoms with E-state index in [2.05, 4.69) is 25.5 Å². The van der Waals surface area contributed by atoms with Crippen molar-refractivity contribution in [1.29, 1.82) is 0 Å². The lowest BCUT2D eigenvalue weighted by molar-refractivity contribution is 0.551. The van der Waals surface area contributed by atoms with Crippen molar-refractivity contribution in [3.05, 3.63) is 88.2 Å². The number of hydrogen-bond donors (Lipinski definition) is 1. The number of nitrogens with zero attached hydrogens (tertiary/aromatic N) is 7. The first-order valence-electron chi connectivity index (χ1n) is 13.3. The van der Waals surface area contributed by atoms with E-state index in [-0.39, 0.29) is 16.1 Å². The van der Waals surface area contributed by atoms with Crippen molar-refractivity contribution in [3.8, 4) is 11.3 Å². The Morgan fingerprint density at radius 2 is 1.81 bits per heavy atom. The molecule has 2 aromatic carbocycles. The van der Waals surface area contributed by atoms with Crippen LogP contribution in [0.3, 0.4) is 0 Å². The highest BCUT2D eigenvalue weighted by Crippen LogP contribution is 2.32. The van der Waals surface area contributed by atoms with Gasteiger partial charge in [-0.3, -0.25) is 4.79 Å². The fraction of sp³-hybridized carbons (Fsp3) is 0.276. The summed E-state index contributed by atoms with van der Waals surface area (Å²) < 4.78 is 42.2. The maximum atomic E-state index is 13.9. The summed E-state index contributed by atoms with van der Waals surface area (Å²) in [5.74, 6) is 0.772. The number of rotatable bonds is 6. The number of aryl methyl sites for hydroxylation is 1. The van der Waals surface area contributed by atoms with Crippen molar-refractivity contribution >= 4 is 32.2 Å². The van der Waals surface area contributed by atoms with Gasteiger partial charge in [0.15, 0.2) is 15.7 Å². The molecule has 6 rings (SSSR count). The molecule has 13 heteroatoms. The van der Waals surface area contributed by atoms with Crippen LogP contribution in [0.2, 0.25) is 0 Å². The molecular weight excluding hydrogens is 559 g/mol. The van der Waals surface area contributed by atoms with Crippen LogP contribution in [0.25, 0.3) is 22.0 Å².